The van der Waals surface area contributed by atoms with Crippen molar-refractivity contribution in [3.05, 3.63) is 48.2 Å². The predicted molar refractivity (Wildman–Crippen MR) is 89.3 cm³/mol. The summed E-state index contributed by atoms with van der Waals surface area (Å²) in [7, 11) is 1.83. The monoisotopic (exact) mass is 310 g/mol. The number of nitrogens with zero attached hydrogens (tertiary/aromatic N) is 3. The maximum atomic E-state index is 12.6. The van der Waals surface area contributed by atoms with E-state index >= 15 is 0 Å². The SMILES string of the molecule is Cn1nccc1NC(=O)N1CC(c2ccccc2)C2(CCC2)C1. The molecule has 1 saturated carbocycles. The maximum Gasteiger partial charge on any atom is 0.323 e. The molecule has 23 heavy (non-hydrogen) atoms. The molecule has 1 atom stereocenters. The number of aryl methyl sites for hydroxylation is 1. The first kappa shape index (κ1) is 14.3. The van der Waals surface area contributed by atoms with Gasteiger partial charge in [0.1, 0.15) is 5.82 Å². The van der Waals surface area contributed by atoms with Crippen molar-refractivity contribution in [3.63, 3.8) is 0 Å². The van der Waals surface area contributed by atoms with Crippen molar-refractivity contribution in [1.82, 2.24) is 14.7 Å². The van der Waals surface area contributed by atoms with E-state index < -0.39 is 0 Å². The summed E-state index contributed by atoms with van der Waals surface area (Å²) in [4.78, 5) is 14.6. The third-order valence-corrected chi connectivity index (χ3v) is 5.54. The number of hydrogen-bond donors (Lipinski definition) is 1. The molecule has 1 aromatic carbocycles. The lowest BCUT2D eigenvalue weighted by atomic mass is 9.61. The van der Waals surface area contributed by atoms with Crippen molar-refractivity contribution in [1.29, 1.82) is 0 Å². The average Bonchev–Trinajstić information content (AvgIpc) is 3.12. The van der Waals surface area contributed by atoms with Crippen LogP contribution in [0.5, 0.6) is 0 Å². The summed E-state index contributed by atoms with van der Waals surface area (Å²) >= 11 is 0. The quantitative estimate of drug-likeness (QED) is 0.926. The zero-order chi connectivity index (χ0) is 15.9. The van der Waals surface area contributed by atoms with Gasteiger partial charge in [-0.15, -0.1) is 0 Å². The fraction of sp³-hybridized carbons (Fsp3) is 0.444. The minimum absolute atomic E-state index is 0.0155. The van der Waals surface area contributed by atoms with Crippen molar-refractivity contribution in [2.75, 3.05) is 18.4 Å². The second-order valence-electron chi connectivity index (χ2n) is 6.83. The molecule has 1 unspecified atom stereocenters. The fourth-order valence-corrected chi connectivity index (χ4v) is 4.09. The van der Waals surface area contributed by atoms with Crippen molar-refractivity contribution in [2.24, 2.45) is 12.5 Å². The summed E-state index contributed by atoms with van der Waals surface area (Å²) < 4.78 is 1.68. The Morgan fingerprint density at radius 1 is 1.26 bits per heavy atom. The Morgan fingerprint density at radius 3 is 2.65 bits per heavy atom. The van der Waals surface area contributed by atoms with Crippen LogP contribution in [-0.4, -0.2) is 33.8 Å². The Hall–Kier alpha value is -2.30. The van der Waals surface area contributed by atoms with E-state index in [0.717, 1.165) is 18.9 Å². The molecule has 0 radical (unpaired) electrons. The number of carbonyl (C=O) groups excluding carboxylic acids is 1. The van der Waals surface area contributed by atoms with Gasteiger partial charge >= 0.3 is 6.03 Å². The number of carbonyl (C=O) groups is 1. The molecule has 5 nitrogen and oxygen atoms in total. The van der Waals surface area contributed by atoms with E-state index in [4.69, 9.17) is 0 Å². The largest absolute Gasteiger partial charge is 0.323 e. The summed E-state index contributed by atoms with van der Waals surface area (Å²) in [6.07, 6.45) is 5.42. The zero-order valence-electron chi connectivity index (χ0n) is 13.4. The van der Waals surface area contributed by atoms with Crippen LogP contribution in [0.4, 0.5) is 10.6 Å². The molecule has 2 amide bonds. The third-order valence-electron chi connectivity index (χ3n) is 5.54. The summed E-state index contributed by atoms with van der Waals surface area (Å²) in [5.74, 6) is 1.19. The topological polar surface area (TPSA) is 50.2 Å². The molecule has 2 aromatic rings. The maximum absolute atomic E-state index is 12.6. The molecule has 1 aromatic heterocycles. The van der Waals surface area contributed by atoms with Gasteiger partial charge < -0.3 is 4.90 Å². The second kappa shape index (κ2) is 5.41. The Labute approximate surface area is 136 Å². The van der Waals surface area contributed by atoms with E-state index in [1.165, 1.54) is 24.8 Å². The molecule has 1 N–H and O–H groups in total. The standard InChI is InChI=1S/C18H22N4O/c1-21-16(8-11-19-21)20-17(23)22-12-15(14-6-3-2-4-7-14)18(13-22)9-5-10-18/h2-4,6-8,11,15H,5,9-10,12-13H2,1H3,(H,20,23). The number of urea groups is 1. The Kier molecular flexibility index (Phi) is 3.36. The summed E-state index contributed by atoms with van der Waals surface area (Å²) in [6, 6.07) is 12.5. The molecule has 1 aliphatic carbocycles. The van der Waals surface area contributed by atoms with Crippen molar-refractivity contribution >= 4 is 11.8 Å². The van der Waals surface area contributed by atoms with Gasteiger partial charge in [-0.05, 0) is 23.8 Å². The highest BCUT2D eigenvalue weighted by Crippen LogP contribution is 2.55. The van der Waals surface area contributed by atoms with Crippen LogP contribution in [0.3, 0.4) is 0 Å². The molecule has 5 heteroatoms. The highest BCUT2D eigenvalue weighted by molar-refractivity contribution is 5.88. The molecule has 1 saturated heterocycles. The highest BCUT2D eigenvalue weighted by Gasteiger charge is 2.51. The van der Waals surface area contributed by atoms with Gasteiger partial charge in [-0.2, -0.15) is 5.10 Å². The number of likely N-dealkylation sites (tertiary alicyclic amines) is 1. The van der Waals surface area contributed by atoms with Crippen molar-refractivity contribution in [2.45, 2.75) is 25.2 Å². The number of benzene rings is 1. The number of rotatable bonds is 2. The first-order valence-corrected chi connectivity index (χ1v) is 8.27. The van der Waals surface area contributed by atoms with Crippen molar-refractivity contribution in [3.8, 4) is 0 Å². The van der Waals surface area contributed by atoms with Crippen LogP contribution in [0.2, 0.25) is 0 Å². The zero-order valence-corrected chi connectivity index (χ0v) is 13.4. The van der Waals surface area contributed by atoms with Crippen LogP contribution in [0.15, 0.2) is 42.6 Å². The van der Waals surface area contributed by atoms with Gasteiger partial charge in [0.25, 0.3) is 0 Å². The molecule has 2 heterocycles. The van der Waals surface area contributed by atoms with Gasteiger partial charge in [0.05, 0.1) is 6.20 Å². The van der Waals surface area contributed by atoms with Gasteiger partial charge in [0.15, 0.2) is 0 Å². The summed E-state index contributed by atoms with van der Waals surface area (Å²) in [5, 5.41) is 7.08. The smallest absolute Gasteiger partial charge is 0.323 e. The van der Waals surface area contributed by atoms with Gasteiger partial charge in [0, 0.05) is 32.1 Å². The molecular weight excluding hydrogens is 288 g/mol. The lowest BCUT2D eigenvalue weighted by Crippen LogP contribution is -2.39. The number of nitrogens with one attached hydrogen (secondary N) is 1. The average molecular weight is 310 g/mol. The van der Waals surface area contributed by atoms with Crippen LogP contribution in [0.25, 0.3) is 0 Å². The van der Waals surface area contributed by atoms with E-state index in [-0.39, 0.29) is 11.4 Å². The first-order valence-electron chi connectivity index (χ1n) is 8.27. The lowest BCUT2D eigenvalue weighted by Gasteiger charge is -2.43. The molecule has 1 spiro atoms. The molecule has 2 fully saturated rings. The van der Waals surface area contributed by atoms with Crippen LogP contribution in [0, 0.1) is 5.41 Å². The second-order valence-corrected chi connectivity index (χ2v) is 6.83. The minimum Gasteiger partial charge on any atom is -0.323 e. The summed E-state index contributed by atoms with van der Waals surface area (Å²) in [6.45, 7) is 1.66. The Balaban J connectivity index is 1.53. The molecule has 4 rings (SSSR count). The molecule has 120 valence electrons. The number of amides is 2. The number of aromatic nitrogens is 2. The van der Waals surface area contributed by atoms with Crippen molar-refractivity contribution < 1.29 is 4.79 Å². The van der Waals surface area contributed by atoms with E-state index in [2.05, 4.69) is 40.7 Å². The molecule has 2 aliphatic rings. The third kappa shape index (κ3) is 2.40. The van der Waals surface area contributed by atoms with Gasteiger partial charge in [-0.1, -0.05) is 36.8 Å². The van der Waals surface area contributed by atoms with Crippen LogP contribution < -0.4 is 5.32 Å². The number of anilines is 1. The van der Waals surface area contributed by atoms with Crippen LogP contribution in [0.1, 0.15) is 30.7 Å². The van der Waals surface area contributed by atoms with Crippen LogP contribution >= 0.6 is 0 Å². The molecular formula is C18H22N4O. The minimum atomic E-state index is -0.0155. The van der Waals surface area contributed by atoms with E-state index in [0.29, 0.717) is 5.92 Å². The van der Waals surface area contributed by atoms with Gasteiger partial charge in [0.2, 0.25) is 0 Å². The normalized spacial score (nSPS) is 22.1. The lowest BCUT2D eigenvalue weighted by molar-refractivity contribution is 0.125. The van der Waals surface area contributed by atoms with E-state index in [1.807, 2.05) is 18.0 Å². The van der Waals surface area contributed by atoms with Gasteiger partial charge in [-0.3, -0.25) is 10.00 Å². The van der Waals surface area contributed by atoms with Gasteiger partial charge in [-0.25, -0.2) is 4.79 Å². The predicted octanol–water partition coefficient (Wildman–Crippen LogP) is 3.22. The van der Waals surface area contributed by atoms with E-state index in [9.17, 15) is 4.79 Å². The highest BCUT2D eigenvalue weighted by atomic mass is 16.2. The molecule has 0 bridgehead atoms. The Morgan fingerprint density at radius 2 is 2.04 bits per heavy atom. The fourth-order valence-electron chi connectivity index (χ4n) is 4.09. The Bertz CT molecular complexity index is 705. The number of hydrogen-bond acceptors (Lipinski definition) is 2. The van der Waals surface area contributed by atoms with Crippen LogP contribution in [-0.2, 0) is 7.05 Å². The van der Waals surface area contributed by atoms with E-state index in [1.54, 1.807) is 10.9 Å². The first-order chi connectivity index (χ1) is 11.2. The summed E-state index contributed by atoms with van der Waals surface area (Å²) in [5.41, 5.74) is 1.65. The molecule has 1 aliphatic heterocycles.